The number of rotatable bonds is 2. The second-order valence-electron chi connectivity index (χ2n) is 26.1. The van der Waals surface area contributed by atoms with Crippen LogP contribution in [0.5, 0.6) is 0 Å². The van der Waals surface area contributed by atoms with Crippen LogP contribution in [-0.4, -0.2) is 6.71 Å². The number of fused-ring (bicyclic) bond motifs is 7. The van der Waals surface area contributed by atoms with Crippen molar-refractivity contribution in [3.05, 3.63) is 122 Å². The van der Waals surface area contributed by atoms with E-state index in [-0.39, 0.29) is 44.6 Å². The normalized spacial score (nSPS) is 21.2. The molecule has 0 N–H and O–H groups in total. The van der Waals surface area contributed by atoms with Gasteiger partial charge in [-0.1, -0.05) is 134 Å². The second-order valence-corrected chi connectivity index (χ2v) is 26.1. The van der Waals surface area contributed by atoms with E-state index in [0.29, 0.717) is 0 Å². The van der Waals surface area contributed by atoms with Crippen LogP contribution >= 0.6 is 0 Å². The lowest BCUT2D eigenvalue weighted by Crippen LogP contribution is -2.62. The zero-order valence-electron chi connectivity index (χ0n) is 42.4. The van der Waals surface area contributed by atoms with Crippen molar-refractivity contribution in [2.24, 2.45) is 0 Å². The Morgan fingerprint density at radius 2 is 0.937 bits per heavy atom. The number of hydrogen-bond donors (Lipinski definition) is 0. The molecule has 0 atom stereocenters. The number of benzene rings is 5. The second kappa shape index (κ2) is 13.0. The fourth-order valence-corrected chi connectivity index (χ4v) is 13.8. The van der Waals surface area contributed by atoms with E-state index in [2.05, 4.69) is 201 Å². The minimum absolute atomic E-state index is 0.00000540. The van der Waals surface area contributed by atoms with Gasteiger partial charge in [-0.15, -0.1) is 0 Å². The topological polar surface area (TPSA) is 6.48 Å². The number of nitrogens with zero attached hydrogens (tertiary/aromatic N) is 2. The van der Waals surface area contributed by atoms with E-state index in [0.717, 1.165) is 6.42 Å². The van der Waals surface area contributed by atoms with E-state index in [4.69, 9.17) is 0 Å². The Labute approximate surface area is 382 Å². The molecule has 10 rings (SSSR count). The van der Waals surface area contributed by atoms with Gasteiger partial charge in [0.25, 0.3) is 6.71 Å². The molecule has 3 heteroatoms. The minimum atomic E-state index is 0.00000540. The van der Waals surface area contributed by atoms with Gasteiger partial charge in [0.05, 0.1) is 0 Å². The SMILES string of the molecule is Cc1cc2c3c(c1)N(c1ccc4c(c1C)C(C)(C)CC4(C)C)c1cc(C(C)(C)C)ccc1B3c1cc3c(cc1N2c1cc2c(cc1C)C(C)(C)CCC2(C)C)C(C)(C)CCC3(C)C. The summed E-state index contributed by atoms with van der Waals surface area (Å²) in [6, 6.07) is 28.2. The summed E-state index contributed by atoms with van der Waals surface area (Å²) in [6.07, 6.45) is 5.95. The molecule has 5 aromatic rings. The smallest absolute Gasteiger partial charge is 0.252 e. The van der Waals surface area contributed by atoms with Crippen LogP contribution in [-0.2, 0) is 37.9 Å². The van der Waals surface area contributed by atoms with Gasteiger partial charge in [-0.2, -0.15) is 0 Å². The molecule has 5 aromatic carbocycles. The molecule has 0 saturated carbocycles. The highest BCUT2D eigenvalue weighted by Gasteiger charge is 2.49. The van der Waals surface area contributed by atoms with Crippen LogP contribution in [0.25, 0.3) is 0 Å². The summed E-state index contributed by atoms with van der Waals surface area (Å²) >= 11 is 0. The zero-order valence-corrected chi connectivity index (χ0v) is 42.4. The molecule has 0 radical (unpaired) electrons. The van der Waals surface area contributed by atoms with Crippen LogP contribution in [0.15, 0.2) is 66.7 Å². The van der Waals surface area contributed by atoms with Gasteiger partial charge in [0.1, 0.15) is 0 Å². The Morgan fingerprint density at radius 3 is 1.49 bits per heavy atom. The van der Waals surface area contributed by atoms with Crippen LogP contribution in [0.1, 0.15) is 192 Å². The predicted molar refractivity (Wildman–Crippen MR) is 275 cm³/mol. The van der Waals surface area contributed by atoms with Crippen molar-refractivity contribution < 1.29 is 0 Å². The molecule has 0 saturated heterocycles. The third-order valence-electron chi connectivity index (χ3n) is 17.4. The van der Waals surface area contributed by atoms with Crippen molar-refractivity contribution in [3.63, 3.8) is 0 Å². The molecule has 2 nitrogen and oxygen atoms in total. The van der Waals surface area contributed by atoms with Crippen molar-refractivity contribution in [1.29, 1.82) is 0 Å². The van der Waals surface area contributed by atoms with Crippen LogP contribution < -0.4 is 26.2 Å². The molecule has 328 valence electrons. The first kappa shape index (κ1) is 42.7. The summed E-state index contributed by atoms with van der Waals surface area (Å²) in [6.45, 7) is 44.1. The van der Waals surface area contributed by atoms with Crippen molar-refractivity contribution >= 4 is 57.2 Å². The Kier molecular flexibility index (Phi) is 8.80. The average Bonchev–Trinajstić information content (AvgIpc) is 3.37. The van der Waals surface area contributed by atoms with Gasteiger partial charge in [-0.25, -0.2) is 0 Å². The molecule has 3 aliphatic carbocycles. The third-order valence-corrected chi connectivity index (χ3v) is 17.4. The van der Waals surface area contributed by atoms with Gasteiger partial charge in [-0.05, 0) is 199 Å². The lowest BCUT2D eigenvalue weighted by molar-refractivity contribution is 0.331. The van der Waals surface area contributed by atoms with Crippen molar-refractivity contribution in [2.45, 2.75) is 195 Å². The van der Waals surface area contributed by atoms with Crippen molar-refractivity contribution in [3.8, 4) is 0 Å². The highest BCUT2D eigenvalue weighted by molar-refractivity contribution is 7.00. The predicted octanol–water partition coefficient (Wildman–Crippen LogP) is 14.6. The molecule has 0 amide bonds. The lowest BCUT2D eigenvalue weighted by Gasteiger charge is -2.48. The molecule has 5 aliphatic rings. The average molecular weight is 835 g/mol. The summed E-state index contributed by atoms with van der Waals surface area (Å²) in [5.74, 6) is 0. The number of hydrogen-bond acceptors (Lipinski definition) is 2. The zero-order chi connectivity index (χ0) is 45.5. The Morgan fingerprint density at radius 1 is 0.444 bits per heavy atom. The van der Waals surface area contributed by atoms with Crippen molar-refractivity contribution in [1.82, 2.24) is 0 Å². The maximum absolute atomic E-state index is 2.75. The summed E-state index contributed by atoms with van der Waals surface area (Å²) in [5, 5.41) is 0. The van der Waals surface area contributed by atoms with E-state index < -0.39 is 0 Å². The summed E-state index contributed by atoms with van der Waals surface area (Å²) in [7, 11) is 0. The van der Waals surface area contributed by atoms with Gasteiger partial charge in [0.2, 0.25) is 0 Å². The summed E-state index contributed by atoms with van der Waals surface area (Å²) in [4.78, 5) is 5.46. The number of anilines is 6. The van der Waals surface area contributed by atoms with Gasteiger partial charge < -0.3 is 9.80 Å². The maximum Gasteiger partial charge on any atom is 0.252 e. The van der Waals surface area contributed by atoms with E-state index in [1.165, 1.54) is 126 Å². The van der Waals surface area contributed by atoms with Gasteiger partial charge in [0, 0.05) is 34.1 Å². The third kappa shape index (κ3) is 6.09. The number of aryl methyl sites for hydroxylation is 2. The Balaban J connectivity index is 1.34. The molecule has 63 heavy (non-hydrogen) atoms. The standard InChI is InChI=1S/C60H75BN2/c1-35-27-50-53-51(28-35)63(47-32-42-40(29-36(47)2)55(7,8)23-25-57(42,11)12)49-33-43-41(56(9,10)24-26-58(43,13)14)31-45(49)61(53)44-21-19-38(54(4,5)6)30-48(44)62(50)46-22-20-39-52(37(46)3)60(17,18)34-59(39,15)16/h19-22,27-33H,23-26,34H2,1-18H3. The highest BCUT2D eigenvalue weighted by Crippen LogP contribution is 2.56. The van der Waals surface area contributed by atoms with Gasteiger partial charge in [0.15, 0.2) is 0 Å². The highest BCUT2D eigenvalue weighted by atomic mass is 15.2. The molecule has 0 spiro atoms. The lowest BCUT2D eigenvalue weighted by atomic mass is 9.33. The van der Waals surface area contributed by atoms with E-state index in [1.54, 1.807) is 5.56 Å². The van der Waals surface area contributed by atoms with Crippen LogP contribution in [0.3, 0.4) is 0 Å². The molecule has 0 unspecified atom stereocenters. The summed E-state index contributed by atoms with van der Waals surface area (Å²) < 4.78 is 0. The Bertz CT molecular complexity index is 2800. The van der Waals surface area contributed by atoms with Crippen LogP contribution in [0.4, 0.5) is 34.1 Å². The molecule has 2 aliphatic heterocycles. The first-order valence-corrected chi connectivity index (χ1v) is 24.4. The molecular weight excluding hydrogens is 759 g/mol. The quantitative estimate of drug-likeness (QED) is 0.160. The van der Waals surface area contributed by atoms with E-state index >= 15 is 0 Å². The first-order valence-electron chi connectivity index (χ1n) is 24.4. The first-order chi connectivity index (χ1) is 29.1. The molecule has 0 bridgehead atoms. The van der Waals surface area contributed by atoms with Crippen molar-refractivity contribution in [2.75, 3.05) is 9.80 Å². The largest absolute Gasteiger partial charge is 0.311 e. The molecule has 0 aromatic heterocycles. The fraction of sp³-hybridized carbons (Fsp3) is 0.500. The Hall–Kier alpha value is -4.24. The van der Waals surface area contributed by atoms with Crippen LogP contribution in [0.2, 0.25) is 0 Å². The molecule has 0 fully saturated rings. The molecule has 2 heterocycles. The minimum Gasteiger partial charge on any atom is -0.311 e. The maximum atomic E-state index is 2.75. The van der Waals surface area contributed by atoms with Gasteiger partial charge in [-0.3, -0.25) is 0 Å². The molecular formula is C60H75BN2. The summed E-state index contributed by atoms with van der Waals surface area (Å²) in [5.41, 5.74) is 27.6. The monoisotopic (exact) mass is 835 g/mol. The van der Waals surface area contributed by atoms with E-state index in [9.17, 15) is 0 Å². The van der Waals surface area contributed by atoms with Crippen LogP contribution in [0, 0.1) is 20.8 Å². The van der Waals surface area contributed by atoms with Gasteiger partial charge >= 0.3 is 0 Å². The fourth-order valence-electron chi connectivity index (χ4n) is 13.8. The van der Waals surface area contributed by atoms with E-state index in [1.807, 2.05) is 0 Å².